The van der Waals surface area contributed by atoms with E-state index in [9.17, 15) is 8.78 Å². The van der Waals surface area contributed by atoms with E-state index in [0.717, 1.165) is 0 Å². The molecular formula is C19H14F2N6O. The number of alkyl halides is 2. The molecule has 7 nitrogen and oxygen atoms in total. The van der Waals surface area contributed by atoms with Crippen LogP contribution in [0.15, 0.2) is 55.0 Å². The molecule has 9 heteroatoms. The third kappa shape index (κ3) is 3.25. The smallest absolute Gasteiger partial charge is 0.387 e. The highest BCUT2D eigenvalue weighted by atomic mass is 19.3. The van der Waals surface area contributed by atoms with Crippen molar-refractivity contribution in [2.45, 2.75) is 6.61 Å². The van der Waals surface area contributed by atoms with Crippen LogP contribution >= 0.6 is 0 Å². The Kier molecular flexibility index (Phi) is 4.40. The maximum absolute atomic E-state index is 12.6. The molecule has 0 aliphatic heterocycles. The lowest BCUT2D eigenvalue weighted by Gasteiger charge is -2.14. The molecule has 4 N–H and O–H groups in total. The normalized spacial score (nSPS) is 11.1. The molecule has 0 spiro atoms. The monoisotopic (exact) mass is 380 g/mol. The van der Waals surface area contributed by atoms with Gasteiger partial charge in [0.2, 0.25) is 0 Å². The lowest BCUT2D eigenvalue weighted by molar-refractivity contribution is -0.0498. The fourth-order valence-electron chi connectivity index (χ4n) is 2.94. The molecule has 0 bridgehead atoms. The quantitative estimate of drug-likeness (QED) is 0.521. The van der Waals surface area contributed by atoms with Gasteiger partial charge in [0.1, 0.15) is 17.3 Å². The zero-order valence-corrected chi connectivity index (χ0v) is 14.4. The van der Waals surface area contributed by atoms with Crippen molar-refractivity contribution in [1.82, 2.24) is 19.9 Å². The number of aromatic nitrogens is 4. The molecule has 0 aliphatic carbocycles. The first kappa shape index (κ1) is 17.5. The summed E-state index contributed by atoms with van der Waals surface area (Å²) in [5.41, 5.74) is 14.9. The van der Waals surface area contributed by atoms with Crippen molar-refractivity contribution in [3.8, 4) is 28.4 Å². The number of nitrogens with two attached hydrogens (primary N) is 2. The maximum atomic E-state index is 12.6. The first-order chi connectivity index (χ1) is 13.5. The summed E-state index contributed by atoms with van der Waals surface area (Å²) in [6, 6.07) is 9.60. The number of nitrogen functional groups attached to an aromatic ring is 2. The summed E-state index contributed by atoms with van der Waals surface area (Å²) in [4.78, 5) is 17.0. The molecule has 0 fully saturated rings. The number of hydrogen-bond acceptors (Lipinski definition) is 7. The highest BCUT2D eigenvalue weighted by molar-refractivity contribution is 6.06. The number of anilines is 2. The van der Waals surface area contributed by atoms with Crippen molar-refractivity contribution in [2.24, 2.45) is 0 Å². The molecule has 0 radical (unpaired) electrons. The van der Waals surface area contributed by atoms with Crippen LogP contribution in [0.3, 0.4) is 0 Å². The van der Waals surface area contributed by atoms with Gasteiger partial charge < -0.3 is 16.2 Å². The van der Waals surface area contributed by atoms with Crippen LogP contribution in [0.5, 0.6) is 5.75 Å². The minimum Gasteiger partial charge on any atom is -0.435 e. The van der Waals surface area contributed by atoms with Gasteiger partial charge in [0.25, 0.3) is 0 Å². The van der Waals surface area contributed by atoms with E-state index in [-0.39, 0.29) is 11.6 Å². The van der Waals surface area contributed by atoms with E-state index in [4.69, 9.17) is 11.5 Å². The van der Waals surface area contributed by atoms with Crippen LogP contribution in [0.1, 0.15) is 0 Å². The van der Waals surface area contributed by atoms with Crippen molar-refractivity contribution in [3.05, 3.63) is 55.0 Å². The fraction of sp³-hybridized carbons (Fsp3) is 0.0526. The molecular weight excluding hydrogens is 366 g/mol. The number of rotatable bonds is 4. The lowest BCUT2D eigenvalue weighted by Crippen LogP contribution is -2.03. The van der Waals surface area contributed by atoms with Gasteiger partial charge in [-0.05, 0) is 29.8 Å². The molecule has 28 heavy (non-hydrogen) atoms. The van der Waals surface area contributed by atoms with Gasteiger partial charge in [-0.2, -0.15) is 8.78 Å². The molecule has 2 aromatic heterocycles. The van der Waals surface area contributed by atoms with E-state index in [0.29, 0.717) is 39.2 Å². The molecule has 0 saturated heterocycles. The molecule has 4 aromatic rings. The van der Waals surface area contributed by atoms with Crippen molar-refractivity contribution in [3.63, 3.8) is 0 Å². The van der Waals surface area contributed by atoms with Crippen LogP contribution in [-0.2, 0) is 0 Å². The Balaban J connectivity index is 1.91. The van der Waals surface area contributed by atoms with Gasteiger partial charge >= 0.3 is 6.61 Å². The molecule has 0 saturated carbocycles. The third-order valence-corrected chi connectivity index (χ3v) is 4.06. The van der Waals surface area contributed by atoms with Gasteiger partial charge in [-0.3, -0.25) is 4.98 Å². The van der Waals surface area contributed by atoms with Crippen molar-refractivity contribution < 1.29 is 13.5 Å². The van der Waals surface area contributed by atoms with E-state index in [1.165, 1.54) is 24.5 Å². The average Bonchev–Trinajstić information content (AvgIpc) is 2.68. The number of fused-ring (bicyclic) bond motifs is 1. The molecule has 0 aliphatic rings. The highest BCUT2D eigenvalue weighted by Crippen LogP contribution is 2.38. The molecule has 2 aromatic carbocycles. The van der Waals surface area contributed by atoms with Crippen LogP contribution in [0.25, 0.3) is 33.5 Å². The minimum absolute atomic E-state index is 0.0135. The Morgan fingerprint density at radius 1 is 1.00 bits per heavy atom. The second-order valence-corrected chi connectivity index (χ2v) is 5.85. The van der Waals surface area contributed by atoms with Crippen LogP contribution in [-0.4, -0.2) is 26.5 Å². The van der Waals surface area contributed by atoms with Gasteiger partial charge in [-0.15, -0.1) is 0 Å². The SMILES string of the molecule is Nc1ccc2nc(-c3cnccn3)nc(N)c2c1-c1cccc(OC(F)F)c1. The van der Waals surface area contributed by atoms with Gasteiger partial charge in [0.15, 0.2) is 5.82 Å². The predicted molar refractivity (Wildman–Crippen MR) is 101 cm³/mol. The Hall–Kier alpha value is -3.88. The van der Waals surface area contributed by atoms with Gasteiger partial charge in [-0.1, -0.05) is 12.1 Å². The summed E-state index contributed by atoms with van der Waals surface area (Å²) in [6.07, 6.45) is 4.60. The molecule has 0 amide bonds. The second kappa shape index (κ2) is 7.03. The second-order valence-electron chi connectivity index (χ2n) is 5.85. The van der Waals surface area contributed by atoms with Crippen molar-refractivity contribution in [2.75, 3.05) is 11.5 Å². The van der Waals surface area contributed by atoms with Gasteiger partial charge in [0, 0.05) is 23.6 Å². The lowest BCUT2D eigenvalue weighted by atomic mass is 9.98. The average molecular weight is 380 g/mol. The summed E-state index contributed by atoms with van der Waals surface area (Å²) >= 11 is 0. The van der Waals surface area contributed by atoms with E-state index in [1.54, 1.807) is 30.5 Å². The molecule has 4 rings (SSSR count). The third-order valence-electron chi connectivity index (χ3n) is 4.06. The zero-order valence-electron chi connectivity index (χ0n) is 14.4. The first-order valence-corrected chi connectivity index (χ1v) is 8.20. The van der Waals surface area contributed by atoms with Gasteiger partial charge in [-0.25, -0.2) is 15.0 Å². The number of nitrogens with zero attached hydrogens (tertiary/aromatic N) is 4. The Morgan fingerprint density at radius 2 is 1.86 bits per heavy atom. The maximum Gasteiger partial charge on any atom is 0.387 e. The van der Waals surface area contributed by atoms with Crippen molar-refractivity contribution >= 4 is 22.4 Å². The fourth-order valence-corrected chi connectivity index (χ4v) is 2.94. The van der Waals surface area contributed by atoms with E-state index in [2.05, 4.69) is 24.7 Å². The molecule has 0 atom stereocenters. The Bertz CT molecular complexity index is 1150. The summed E-state index contributed by atoms with van der Waals surface area (Å²) in [5.74, 6) is 0.524. The number of ether oxygens (including phenoxy) is 1. The minimum atomic E-state index is -2.93. The largest absolute Gasteiger partial charge is 0.435 e. The van der Waals surface area contributed by atoms with E-state index in [1.807, 2.05) is 0 Å². The summed E-state index contributed by atoms with van der Waals surface area (Å²) in [7, 11) is 0. The summed E-state index contributed by atoms with van der Waals surface area (Å²) < 4.78 is 29.6. The van der Waals surface area contributed by atoms with Gasteiger partial charge in [0.05, 0.1) is 17.1 Å². The van der Waals surface area contributed by atoms with E-state index >= 15 is 0 Å². The standard InChI is InChI=1S/C19H14F2N6O/c20-19(21)28-11-3-1-2-10(8-11)15-12(22)4-5-13-16(15)17(23)27-18(26-13)14-9-24-6-7-25-14/h1-9,19H,22H2,(H2,23,26,27). The Morgan fingerprint density at radius 3 is 2.61 bits per heavy atom. The molecule has 140 valence electrons. The Labute approximate surface area is 158 Å². The van der Waals surface area contributed by atoms with E-state index < -0.39 is 6.61 Å². The van der Waals surface area contributed by atoms with Crippen LogP contribution < -0.4 is 16.2 Å². The van der Waals surface area contributed by atoms with Crippen LogP contribution in [0, 0.1) is 0 Å². The van der Waals surface area contributed by atoms with Crippen LogP contribution in [0.4, 0.5) is 20.3 Å². The summed E-state index contributed by atoms with van der Waals surface area (Å²) in [6.45, 7) is -2.93. The topological polar surface area (TPSA) is 113 Å². The van der Waals surface area contributed by atoms with Crippen LogP contribution in [0.2, 0.25) is 0 Å². The number of benzene rings is 2. The number of hydrogen-bond donors (Lipinski definition) is 2. The molecule has 2 heterocycles. The zero-order chi connectivity index (χ0) is 19.7. The number of halogens is 2. The predicted octanol–water partition coefficient (Wildman–Crippen LogP) is 3.52. The highest BCUT2D eigenvalue weighted by Gasteiger charge is 2.16. The van der Waals surface area contributed by atoms with Crippen molar-refractivity contribution in [1.29, 1.82) is 0 Å². The first-order valence-electron chi connectivity index (χ1n) is 8.20. The summed E-state index contributed by atoms with van der Waals surface area (Å²) in [5, 5.41) is 0.516. The molecule has 0 unspecified atom stereocenters.